The molecule has 0 saturated heterocycles. The van der Waals surface area contributed by atoms with Gasteiger partial charge in [0.15, 0.2) is 0 Å². The number of carbonyl (C=O) groups is 2. The largest absolute Gasteiger partial charge is 0.609 e. The van der Waals surface area contributed by atoms with Crippen LogP contribution in [-0.4, -0.2) is 40.1 Å². The Balaban J connectivity index is -0.000000108. The van der Waals surface area contributed by atoms with Gasteiger partial charge in [-0.2, -0.15) is 7.11 Å². The molecule has 0 unspecified atom stereocenters. The molecule has 0 amide bonds. The van der Waals surface area contributed by atoms with Crippen molar-refractivity contribution in [3.63, 3.8) is 0 Å². The maximum absolute atomic E-state index is 11.3. The average Bonchev–Trinajstić information content (AvgIpc) is 3.06. The first-order valence-corrected chi connectivity index (χ1v) is 7.50. The fraction of sp³-hybridized carbons (Fsp3) is 0.588. The number of hydrogen-bond acceptors (Lipinski definition) is 7. The number of carbonyl (C=O) groups excluding carboxylic acids is 2. The van der Waals surface area contributed by atoms with Crippen LogP contribution in [0.25, 0.3) is 0 Å². The fourth-order valence-electron chi connectivity index (χ4n) is 1.04. The molecule has 0 spiro atoms. The molecule has 28 heavy (non-hydrogen) atoms. The summed E-state index contributed by atoms with van der Waals surface area (Å²) < 4.78 is 15.0. The molecule has 1 rings (SSSR count). The summed E-state index contributed by atoms with van der Waals surface area (Å²) >= 11 is 0. The average molecular weight is 664 g/mol. The van der Waals surface area contributed by atoms with Crippen molar-refractivity contribution in [2.75, 3.05) is 13.2 Å². The third kappa shape index (κ3) is 26.8. The molecule has 0 aliphatic carbocycles. The van der Waals surface area contributed by atoms with Crippen molar-refractivity contribution in [3.05, 3.63) is 32.9 Å². The SMILES string of the molecule is CC(C)(C)COC(=O)n1ccnc1.I.[CH2-]O.[CH2-]OC(=O)OCC(C)(C)C.[Y].[Y]. The summed E-state index contributed by atoms with van der Waals surface area (Å²) in [6, 6.07) is 0. The zero-order chi connectivity index (χ0) is 20.1. The Morgan fingerprint density at radius 1 is 1.00 bits per heavy atom. The van der Waals surface area contributed by atoms with Crippen LogP contribution in [0.3, 0.4) is 0 Å². The fourth-order valence-corrected chi connectivity index (χ4v) is 1.04. The molecule has 1 aromatic rings. The molecule has 0 bridgehead atoms. The van der Waals surface area contributed by atoms with E-state index in [0.29, 0.717) is 13.2 Å². The summed E-state index contributed by atoms with van der Waals surface area (Å²) in [6.45, 7) is 12.7. The minimum Gasteiger partial charge on any atom is -0.609 e. The standard InChI is InChI=1S/C9H14N2O2.C7H13O3.CH3O.HI.2Y/c1-9(2,3)6-13-8(12)11-5-4-10-7-11;1-7(2,3)5-10-6(8)9-4;1-2;;;/h4-5,7H,6H2,1-3H3;4-5H2,1-3H3;2H,1H2;1H;;/q;2*-1;;;. The number of aliphatic hydroxyl groups excluding tert-OH is 1. The van der Waals surface area contributed by atoms with E-state index in [9.17, 15) is 9.59 Å². The maximum Gasteiger partial charge on any atom is 0.475 e. The van der Waals surface area contributed by atoms with Crippen LogP contribution in [0.5, 0.6) is 0 Å². The second-order valence-electron chi connectivity index (χ2n) is 7.33. The first-order chi connectivity index (χ1) is 11.4. The van der Waals surface area contributed by atoms with Gasteiger partial charge in [0.05, 0.1) is 13.2 Å². The summed E-state index contributed by atoms with van der Waals surface area (Å²) in [4.78, 5) is 25.4. The number of nitrogens with zero attached hydrogens (tertiary/aromatic N) is 2. The Morgan fingerprint density at radius 2 is 1.43 bits per heavy atom. The van der Waals surface area contributed by atoms with Gasteiger partial charge >= 0.3 is 12.2 Å². The van der Waals surface area contributed by atoms with E-state index in [1.165, 1.54) is 10.9 Å². The van der Waals surface area contributed by atoms with Gasteiger partial charge < -0.3 is 19.3 Å². The zero-order valence-corrected chi connectivity index (χ0v) is 25.5. The monoisotopic (exact) mass is 664 g/mol. The third-order valence-electron chi connectivity index (χ3n) is 2.08. The Labute approximate surface area is 236 Å². The van der Waals surface area contributed by atoms with Gasteiger partial charge in [0, 0.05) is 77.8 Å². The first-order valence-electron chi connectivity index (χ1n) is 7.50. The van der Waals surface area contributed by atoms with E-state index in [0.717, 1.165) is 0 Å². The van der Waals surface area contributed by atoms with Crippen LogP contribution in [0.4, 0.5) is 9.59 Å². The zero-order valence-electron chi connectivity index (χ0n) is 17.5. The molecule has 0 atom stereocenters. The Kier molecular flexibility index (Phi) is 29.6. The van der Waals surface area contributed by atoms with Crippen LogP contribution in [0, 0.1) is 25.0 Å². The van der Waals surface area contributed by atoms with Gasteiger partial charge in [0.25, 0.3) is 0 Å². The molecule has 8 nitrogen and oxygen atoms in total. The topological polar surface area (TPSA) is 99.9 Å². The molecule has 0 fully saturated rings. The van der Waals surface area contributed by atoms with Crippen molar-refractivity contribution < 1.29 is 94.3 Å². The van der Waals surface area contributed by atoms with Crippen molar-refractivity contribution in [2.24, 2.45) is 10.8 Å². The maximum atomic E-state index is 11.3. The summed E-state index contributed by atoms with van der Waals surface area (Å²) in [7, 11) is 5.16. The van der Waals surface area contributed by atoms with Crippen LogP contribution < -0.4 is 0 Å². The molecule has 0 aliphatic heterocycles. The van der Waals surface area contributed by atoms with E-state index in [1.807, 2.05) is 41.5 Å². The molecule has 11 heteroatoms. The second-order valence-corrected chi connectivity index (χ2v) is 7.33. The number of ether oxygens (including phenoxy) is 3. The minimum absolute atomic E-state index is 0. The number of aromatic nitrogens is 2. The number of halogens is 1. The molecule has 0 aliphatic rings. The second kappa shape index (κ2) is 21.1. The number of hydrogen-bond donors (Lipinski definition) is 1. The van der Waals surface area contributed by atoms with Crippen molar-refractivity contribution in [1.29, 1.82) is 0 Å². The predicted molar refractivity (Wildman–Crippen MR) is 108 cm³/mol. The van der Waals surface area contributed by atoms with Gasteiger partial charge in [-0.1, -0.05) is 41.5 Å². The van der Waals surface area contributed by atoms with Crippen LogP contribution >= 0.6 is 24.0 Å². The van der Waals surface area contributed by atoms with Gasteiger partial charge in [-0.25, -0.2) is 26.2 Å². The summed E-state index contributed by atoms with van der Waals surface area (Å²) in [5.74, 6) is 0. The third-order valence-corrected chi connectivity index (χ3v) is 2.08. The quantitative estimate of drug-likeness (QED) is 0.279. The first kappa shape index (κ1) is 39.3. The van der Waals surface area contributed by atoms with E-state index < -0.39 is 6.16 Å². The molecule has 0 saturated carbocycles. The molecule has 0 aromatic carbocycles. The van der Waals surface area contributed by atoms with Crippen LogP contribution in [-0.2, 0) is 79.6 Å². The molecular weight excluding hydrogens is 633 g/mol. The Morgan fingerprint density at radius 3 is 1.75 bits per heavy atom. The molecule has 1 N–H and O–H groups in total. The molecule has 2 radical (unpaired) electrons. The number of imidazole rings is 1. The molecule has 160 valence electrons. The Bertz CT molecular complexity index is 489. The smallest absolute Gasteiger partial charge is 0.475 e. The van der Waals surface area contributed by atoms with Gasteiger partial charge in [-0.3, -0.25) is 0 Å². The summed E-state index contributed by atoms with van der Waals surface area (Å²) in [5, 5.41) is 6.75. The summed E-state index contributed by atoms with van der Waals surface area (Å²) in [5.41, 5.74) is -0.0234. The minimum atomic E-state index is -0.727. The number of aliphatic hydroxyl groups is 1. The molecule has 1 heterocycles. The van der Waals surface area contributed by atoms with Crippen molar-refractivity contribution in [3.8, 4) is 0 Å². The van der Waals surface area contributed by atoms with Crippen LogP contribution in [0.2, 0.25) is 0 Å². The summed E-state index contributed by atoms with van der Waals surface area (Å²) in [6.07, 6.45) is 3.41. The van der Waals surface area contributed by atoms with E-state index in [4.69, 9.17) is 9.84 Å². The van der Waals surface area contributed by atoms with Crippen LogP contribution in [0.1, 0.15) is 41.5 Å². The van der Waals surface area contributed by atoms with E-state index >= 15 is 0 Å². The van der Waals surface area contributed by atoms with Gasteiger partial charge in [-0.05, 0) is 10.8 Å². The van der Waals surface area contributed by atoms with Gasteiger partial charge in [0.1, 0.15) is 6.33 Å². The Hall–Kier alpha value is 0.848. The van der Waals surface area contributed by atoms with Gasteiger partial charge in [0.2, 0.25) is 0 Å². The van der Waals surface area contributed by atoms with E-state index in [1.54, 1.807) is 12.4 Å². The van der Waals surface area contributed by atoms with Crippen molar-refractivity contribution >= 4 is 36.2 Å². The van der Waals surface area contributed by atoms with Crippen molar-refractivity contribution in [1.82, 2.24) is 9.55 Å². The van der Waals surface area contributed by atoms with Gasteiger partial charge in [-0.15, -0.1) is 24.0 Å². The normalized spacial score (nSPS) is 9.32. The van der Waals surface area contributed by atoms with E-state index in [2.05, 4.69) is 28.7 Å². The molecule has 1 aromatic heterocycles. The predicted octanol–water partition coefficient (Wildman–Crippen LogP) is 4.65. The molecular formula is C17H31IN2O6Y2-2. The number of rotatable bonds is 2. The van der Waals surface area contributed by atoms with E-state index in [-0.39, 0.29) is 106 Å². The van der Waals surface area contributed by atoms with Crippen LogP contribution in [0.15, 0.2) is 18.7 Å². The van der Waals surface area contributed by atoms with Crippen molar-refractivity contribution in [2.45, 2.75) is 41.5 Å².